The fourth-order valence-corrected chi connectivity index (χ4v) is 19.8. The molecule has 0 fully saturated rings. The minimum Gasteiger partial charge on any atom is -0.344 e. The van der Waals surface area contributed by atoms with E-state index in [-0.39, 0.29) is 22.8 Å². The van der Waals surface area contributed by atoms with E-state index in [9.17, 15) is 52.7 Å². The molecule has 18 heteroatoms. The summed E-state index contributed by atoms with van der Waals surface area (Å²) in [6.07, 6.45) is 0. The van der Waals surface area contributed by atoms with Crippen LogP contribution in [0.3, 0.4) is 0 Å². The molecule has 0 saturated carbocycles. The maximum Gasteiger partial charge on any atom is 0.200 e. The van der Waals surface area contributed by atoms with Crippen LogP contribution in [0.4, 0.5) is 104 Å². The Morgan fingerprint density at radius 1 is 0.136 bits per heavy atom. The molecule has 0 saturated heterocycles. The van der Waals surface area contributed by atoms with Gasteiger partial charge in [-0.1, -0.05) is 249 Å². The van der Waals surface area contributed by atoms with Gasteiger partial charge in [-0.3, -0.25) is 0 Å². The average molecular weight is 1950 g/mol. The molecule has 0 N–H and O–H groups in total. The third-order valence-electron chi connectivity index (χ3n) is 27.4. The first-order valence-corrected chi connectivity index (χ1v) is 47.5. The quantitative estimate of drug-likeness (QED) is 0.0486. The van der Waals surface area contributed by atoms with Crippen LogP contribution in [0.15, 0.2) is 455 Å². The summed E-state index contributed by atoms with van der Waals surface area (Å²) < 4.78 is 177. The summed E-state index contributed by atoms with van der Waals surface area (Å²) >= 11 is 0. The van der Waals surface area contributed by atoms with Gasteiger partial charge < -0.3 is 28.4 Å². The molecular weight excluding hydrogens is 1860 g/mol. The van der Waals surface area contributed by atoms with Gasteiger partial charge in [-0.2, -0.15) is 0 Å². The van der Waals surface area contributed by atoms with Gasteiger partial charge in [0.05, 0.1) is 11.1 Å². The van der Waals surface area contributed by atoms with Crippen LogP contribution in [0.5, 0.6) is 0 Å². The Kier molecular flexibility index (Phi) is 25.1. The highest BCUT2D eigenvalue weighted by molar-refractivity contribution is 6.13. The van der Waals surface area contributed by atoms with Gasteiger partial charge in [-0.15, -0.1) is 0 Å². The lowest BCUT2D eigenvalue weighted by atomic mass is 9.99. The first-order chi connectivity index (χ1) is 71.6. The van der Waals surface area contributed by atoms with Gasteiger partial charge in [0.25, 0.3) is 0 Å². The number of aryl methyl sites for hydroxylation is 3. The zero-order chi connectivity index (χ0) is 101. The fourth-order valence-electron chi connectivity index (χ4n) is 19.8. The molecule has 0 amide bonds. The molecule has 0 bridgehead atoms. The van der Waals surface area contributed by atoms with Crippen LogP contribution in [0.1, 0.15) is 0 Å². The number of nitrogens with zero attached hydrogens (tertiary/aromatic N) is 6. The highest BCUT2D eigenvalue weighted by Gasteiger charge is 2.31. The molecule has 147 heavy (non-hydrogen) atoms. The number of benzene rings is 21. The Morgan fingerprint density at radius 2 is 0.279 bits per heavy atom. The van der Waals surface area contributed by atoms with E-state index >= 15 is 0 Å². The molecule has 0 unspecified atom stereocenters. The molecule has 0 aliphatic rings. The minimum absolute atomic E-state index is 0.244. The van der Waals surface area contributed by atoms with E-state index in [1.54, 1.807) is 17.0 Å². The van der Waals surface area contributed by atoms with Crippen LogP contribution >= 0.6 is 0 Å². The molecule has 6 nitrogen and oxygen atoms in total. The van der Waals surface area contributed by atoms with Crippen molar-refractivity contribution in [1.82, 2.24) is 13.7 Å². The molecule has 0 radical (unpaired) electrons. The molecule has 0 aliphatic heterocycles. The molecule has 21 aromatic carbocycles. The van der Waals surface area contributed by atoms with Crippen LogP contribution in [0, 0.1) is 69.8 Å². The van der Waals surface area contributed by atoms with Crippen molar-refractivity contribution in [3.05, 3.63) is 525 Å². The monoisotopic (exact) mass is 1940 g/mol. The van der Waals surface area contributed by atoms with Gasteiger partial charge in [-0.05, 0) is 295 Å². The third-order valence-corrected chi connectivity index (χ3v) is 27.4. The Labute approximate surface area is 838 Å². The van der Waals surface area contributed by atoms with Crippen LogP contribution < -0.4 is 14.7 Å². The summed E-state index contributed by atoms with van der Waals surface area (Å²) in [6.45, 7) is 0. The van der Waals surface area contributed by atoms with Crippen LogP contribution in [-0.2, 0) is 21.1 Å². The summed E-state index contributed by atoms with van der Waals surface area (Å²) in [5.74, 6) is -21.6. The van der Waals surface area contributed by atoms with Crippen LogP contribution in [0.2, 0.25) is 0 Å². The van der Waals surface area contributed by atoms with Crippen molar-refractivity contribution in [2.24, 2.45) is 21.1 Å². The number of aromatic nitrogens is 3. The molecular formula is C129H84F12N6. The van der Waals surface area contributed by atoms with Crippen LogP contribution in [0.25, 0.3) is 166 Å². The second-order valence-corrected chi connectivity index (χ2v) is 36.0. The first kappa shape index (κ1) is 93.5. The second-order valence-electron chi connectivity index (χ2n) is 36.0. The predicted octanol–water partition coefficient (Wildman–Crippen LogP) is 37.1. The van der Waals surface area contributed by atoms with E-state index in [1.807, 2.05) is 110 Å². The van der Waals surface area contributed by atoms with Crippen molar-refractivity contribution >= 4 is 117 Å². The molecule has 0 spiro atoms. The van der Waals surface area contributed by atoms with E-state index < -0.39 is 69.3 Å². The smallest absolute Gasteiger partial charge is 0.200 e. The summed E-state index contributed by atoms with van der Waals surface area (Å²) in [5.41, 5.74) is 26.6. The van der Waals surface area contributed by atoms with Gasteiger partial charge in [-0.25, -0.2) is 52.7 Å². The second kappa shape index (κ2) is 39.5. The Hall–Kier alpha value is -18.4. The predicted molar refractivity (Wildman–Crippen MR) is 574 cm³/mol. The lowest BCUT2D eigenvalue weighted by Gasteiger charge is -2.26. The maximum absolute atomic E-state index is 14.8. The largest absolute Gasteiger partial charge is 0.344 e. The van der Waals surface area contributed by atoms with E-state index in [4.69, 9.17) is 0 Å². The third kappa shape index (κ3) is 17.9. The van der Waals surface area contributed by atoms with Gasteiger partial charge >= 0.3 is 0 Å². The Balaban J connectivity index is 0.000000128. The normalized spacial score (nSPS) is 11.4. The van der Waals surface area contributed by atoms with E-state index in [2.05, 4.69) is 305 Å². The number of halogens is 12. The molecule has 0 atom stereocenters. The van der Waals surface area contributed by atoms with Crippen molar-refractivity contribution in [2.75, 3.05) is 14.7 Å². The summed E-state index contributed by atoms with van der Waals surface area (Å²) in [5, 5.41) is 7.08. The highest BCUT2D eigenvalue weighted by atomic mass is 19.2. The zero-order valence-electron chi connectivity index (χ0n) is 79.0. The molecule has 24 aromatic rings. The molecule has 714 valence electrons. The number of fused-ring (bicyclic) bond motifs is 9. The number of hydrogen-bond donors (Lipinski definition) is 0. The van der Waals surface area contributed by atoms with Gasteiger partial charge in [0, 0.05) is 138 Å². The Morgan fingerprint density at radius 3 is 0.483 bits per heavy atom. The van der Waals surface area contributed by atoms with Gasteiger partial charge in [0.1, 0.15) is 11.6 Å². The lowest BCUT2D eigenvalue weighted by molar-refractivity contribution is 0.381. The van der Waals surface area contributed by atoms with E-state index in [0.29, 0.717) is 17.1 Å². The minimum atomic E-state index is -2.30. The van der Waals surface area contributed by atoms with E-state index in [1.165, 1.54) is 126 Å². The summed E-state index contributed by atoms with van der Waals surface area (Å²) in [7, 11) is 6.27. The van der Waals surface area contributed by atoms with Gasteiger partial charge in [0.15, 0.2) is 46.5 Å². The number of para-hydroxylation sites is 1. The van der Waals surface area contributed by atoms with Crippen molar-refractivity contribution in [3.63, 3.8) is 0 Å². The summed E-state index contributed by atoms with van der Waals surface area (Å²) in [4.78, 5) is 5.91. The van der Waals surface area contributed by atoms with Crippen LogP contribution in [-0.4, -0.2) is 13.7 Å². The zero-order valence-corrected chi connectivity index (χ0v) is 79.0. The Bertz CT molecular complexity index is 8900. The maximum atomic E-state index is 14.8. The number of hydrogen-bond acceptors (Lipinski definition) is 3. The molecule has 3 heterocycles. The summed E-state index contributed by atoms with van der Waals surface area (Å²) in [6, 6.07) is 147. The van der Waals surface area contributed by atoms with Crippen molar-refractivity contribution in [2.45, 2.75) is 0 Å². The van der Waals surface area contributed by atoms with Crippen molar-refractivity contribution < 1.29 is 52.7 Å². The number of rotatable bonds is 18. The first-order valence-electron chi connectivity index (χ1n) is 47.5. The fraction of sp³-hybridized carbons (Fsp3) is 0.0233. The lowest BCUT2D eigenvalue weighted by Crippen LogP contribution is -2.10. The highest BCUT2D eigenvalue weighted by Crippen LogP contribution is 2.47. The van der Waals surface area contributed by atoms with E-state index in [0.717, 1.165) is 125 Å². The van der Waals surface area contributed by atoms with Gasteiger partial charge in [0.2, 0.25) is 11.6 Å². The van der Waals surface area contributed by atoms with Crippen molar-refractivity contribution in [1.29, 1.82) is 0 Å². The standard InChI is InChI=1S/C49H26F10N2.C43H31FN2.C37H27FN2/c1-60-36-21-13-29(25-5-3-2-4-6-25)23-34(36)35-24-30(14-22-37(35)60)26-7-15-31(16-8-26)61(32-17-9-27(10-18-32)38-40(50)44(54)48(58)45(55)41(38)51)33-19-11-28(12-20-33)39-42(52)46(56)49(59)47(57)43(39)53;1-45-42-26-16-34(31-10-6-3-7-11-31)28-40(42)41-29-35(17-27-43(41)45)33-14-22-38(23-15-33)46(39-24-18-36(44)19-25-39)37-20-12-32(13-21-37)30-8-4-2-5-9-30;1-39-36-22-14-28(26-8-4-2-5-9-26)24-34(36)35-25-29(15-23-37(35)39)27-12-18-32(19-13-27)40(31-10-6-3-7-11-31)33-20-16-30(38)17-21-33/h2-24H,1H3;2-29H,1H3;2-25H,1H3. The number of anilines is 9. The molecule has 3 aromatic heterocycles. The average Bonchev–Trinajstić information content (AvgIpc) is 1.69. The SMILES string of the molecule is Cn1c2ccc(-c3ccccc3)cc2c2cc(-c3ccc(N(c4ccc(-c5c(F)c(F)c(F)c(F)c5F)cc4)c4ccc(-c5c(F)c(F)c(F)c(F)c5F)cc4)cc3)ccc21.Cn1c2ccc(-c3ccccc3)cc2c2cc(-c3ccc(N(c4ccc(F)cc4)c4ccc(-c5ccccc5)cc4)cc3)ccc21.Cn1c2ccc(-c3ccccc3)cc2c2cc(-c3ccc(N(c4ccccc4)c4ccc(F)cc4)cc3)ccc21. The molecule has 0 aliphatic carbocycles. The van der Waals surface area contributed by atoms with Crippen molar-refractivity contribution in [3.8, 4) is 100 Å². The topological polar surface area (TPSA) is 24.5 Å². The molecule has 24 rings (SSSR count).